The Morgan fingerprint density at radius 1 is 1.11 bits per heavy atom. The van der Waals surface area contributed by atoms with Crippen molar-refractivity contribution in [1.29, 1.82) is 0 Å². The summed E-state index contributed by atoms with van der Waals surface area (Å²) >= 11 is 5.96. The van der Waals surface area contributed by atoms with E-state index in [-0.39, 0.29) is 10.8 Å². The highest BCUT2D eigenvalue weighted by Crippen LogP contribution is 2.31. The van der Waals surface area contributed by atoms with Gasteiger partial charge in [-0.05, 0) is 60.9 Å². The zero-order valence-corrected chi connectivity index (χ0v) is 21.1. The number of hydrogen-bond acceptors (Lipinski definition) is 5. The number of sulfonamides is 1. The van der Waals surface area contributed by atoms with Crippen LogP contribution >= 0.6 is 11.6 Å². The number of amides is 1. The molecule has 0 unspecified atom stereocenters. The van der Waals surface area contributed by atoms with Gasteiger partial charge in [0.15, 0.2) is 6.10 Å². The van der Waals surface area contributed by atoms with Gasteiger partial charge in [0.1, 0.15) is 11.5 Å². The van der Waals surface area contributed by atoms with Crippen LogP contribution in [0.15, 0.2) is 71.6 Å². The lowest BCUT2D eigenvalue weighted by molar-refractivity contribution is -0.138. The second kappa shape index (κ2) is 10.6. The number of rotatable bonds is 8. The molecule has 0 aromatic heterocycles. The molecule has 1 N–H and O–H groups in total. The average molecular weight is 515 g/mol. The van der Waals surface area contributed by atoms with Crippen LogP contribution in [-0.4, -0.2) is 39.0 Å². The number of hydrogen-bond donors (Lipinski definition) is 1. The standard InChI is InChI=1S/C26H27ClN2O5S/c1-3-23-26(30)29(14-13-18-7-4-5-10-24(18)33-2)17-19-15-21(11-12-25(19)34-23)28-35(31,32)22-9-6-8-20(27)16-22/h4-12,15-16,23,28H,3,13-14,17H2,1-2H3/t23-/m1/s1. The van der Waals surface area contributed by atoms with E-state index in [0.717, 1.165) is 16.9 Å². The van der Waals surface area contributed by atoms with Gasteiger partial charge in [0.2, 0.25) is 0 Å². The van der Waals surface area contributed by atoms with Crippen LogP contribution in [0.5, 0.6) is 11.5 Å². The number of halogens is 1. The highest BCUT2D eigenvalue weighted by molar-refractivity contribution is 7.92. The van der Waals surface area contributed by atoms with Crippen molar-refractivity contribution in [2.75, 3.05) is 18.4 Å². The van der Waals surface area contributed by atoms with E-state index in [4.69, 9.17) is 21.1 Å². The Morgan fingerprint density at radius 2 is 1.91 bits per heavy atom. The summed E-state index contributed by atoms with van der Waals surface area (Å²) in [6.45, 7) is 2.67. The van der Waals surface area contributed by atoms with Crippen LogP contribution in [0.3, 0.4) is 0 Å². The number of methoxy groups -OCH3 is 1. The molecule has 3 aromatic carbocycles. The lowest BCUT2D eigenvalue weighted by Crippen LogP contribution is -2.40. The predicted molar refractivity (Wildman–Crippen MR) is 136 cm³/mol. The number of ether oxygens (including phenoxy) is 2. The summed E-state index contributed by atoms with van der Waals surface area (Å²) in [5.74, 6) is 1.24. The van der Waals surface area contributed by atoms with Crippen LogP contribution in [0.4, 0.5) is 5.69 Å². The maximum atomic E-state index is 13.2. The number of nitrogens with zero attached hydrogens (tertiary/aromatic N) is 1. The van der Waals surface area contributed by atoms with Gasteiger partial charge >= 0.3 is 0 Å². The van der Waals surface area contributed by atoms with E-state index in [9.17, 15) is 13.2 Å². The van der Waals surface area contributed by atoms with Crippen LogP contribution in [0.25, 0.3) is 0 Å². The molecule has 1 aliphatic rings. The molecule has 35 heavy (non-hydrogen) atoms. The molecule has 1 atom stereocenters. The van der Waals surface area contributed by atoms with E-state index < -0.39 is 16.1 Å². The highest BCUT2D eigenvalue weighted by Gasteiger charge is 2.30. The van der Waals surface area contributed by atoms with E-state index in [2.05, 4.69) is 4.72 Å². The molecule has 7 nitrogen and oxygen atoms in total. The molecule has 1 aliphatic heterocycles. The number of para-hydroxylation sites is 1. The molecule has 0 saturated carbocycles. The molecule has 0 aliphatic carbocycles. The number of carbonyl (C=O) groups excluding carboxylic acids is 1. The van der Waals surface area contributed by atoms with Gasteiger partial charge in [0.05, 0.1) is 12.0 Å². The number of anilines is 1. The molecule has 0 fully saturated rings. The van der Waals surface area contributed by atoms with Gasteiger partial charge in [0, 0.05) is 29.4 Å². The normalized spacial score (nSPS) is 15.7. The lowest BCUT2D eigenvalue weighted by atomic mass is 10.1. The minimum absolute atomic E-state index is 0.0656. The zero-order chi connectivity index (χ0) is 25.0. The van der Waals surface area contributed by atoms with Crippen LogP contribution < -0.4 is 14.2 Å². The third kappa shape index (κ3) is 5.71. The second-order valence-corrected chi connectivity index (χ2v) is 10.3. The van der Waals surface area contributed by atoms with E-state index in [1.165, 1.54) is 12.1 Å². The Hall–Kier alpha value is -3.23. The maximum absolute atomic E-state index is 13.2. The van der Waals surface area contributed by atoms with Crippen molar-refractivity contribution in [2.24, 2.45) is 0 Å². The zero-order valence-electron chi connectivity index (χ0n) is 19.5. The molecule has 1 amide bonds. The molecule has 3 aromatic rings. The molecule has 184 valence electrons. The topological polar surface area (TPSA) is 84.9 Å². The first kappa shape index (κ1) is 24.9. The van der Waals surface area contributed by atoms with Gasteiger partial charge in [-0.2, -0.15) is 0 Å². The fraction of sp³-hybridized carbons (Fsp3) is 0.269. The fourth-order valence-corrected chi connectivity index (χ4v) is 5.38. The first-order valence-electron chi connectivity index (χ1n) is 11.3. The Morgan fingerprint density at radius 3 is 2.66 bits per heavy atom. The molecular formula is C26H27ClN2O5S. The average Bonchev–Trinajstić information content (AvgIpc) is 2.98. The Kier molecular flexibility index (Phi) is 7.52. The quantitative estimate of drug-likeness (QED) is 0.462. The Balaban J connectivity index is 1.58. The largest absolute Gasteiger partial charge is 0.496 e. The van der Waals surface area contributed by atoms with Crippen molar-refractivity contribution >= 4 is 33.2 Å². The molecule has 0 bridgehead atoms. The number of benzene rings is 3. The second-order valence-electron chi connectivity index (χ2n) is 8.22. The fourth-order valence-electron chi connectivity index (χ4n) is 4.03. The predicted octanol–water partition coefficient (Wildman–Crippen LogP) is 4.89. The summed E-state index contributed by atoms with van der Waals surface area (Å²) in [4.78, 5) is 15.0. The van der Waals surface area contributed by atoms with Crippen molar-refractivity contribution in [1.82, 2.24) is 4.90 Å². The smallest absolute Gasteiger partial charge is 0.263 e. The van der Waals surface area contributed by atoms with Crippen LogP contribution in [0.2, 0.25) is 5.02 Å². The molecular weight excluding hydrogens is 488 g/mol. The van der Waals surface area contributed by atoms with Gasteiger partial charge in [-0.15, -0.1) is 0 Å². The Bertz CT molecular complexity index is 1330. The van der Waals surface area contributed by atoms with E-state index in [1.54, 1.807) is 42.3 Å². The van der Waals surface area contributed by atoms with E-state index >= 15 is 0 Å². The van der Waals surface area contributed by atoms with Crippen molar-refractivity contribution in [3.8, 4) is 11.5 Å². The number of carbonyl (C=O) groups is 1. The molecule has 4 rings (SSSR count). The van der Waals surface area contributed by atoms with Crippen molar-refractivity contribution in [3.63, 3.8) is 0 Å². The summed E-state index contributed by atoms with van der Waals surface area (Å²) in [7, 11) is -2.21. The van der Waals surface area contributed by atoms with Gasteiger partial charge < -0.3 is 14.4 Å². The monoisotopic (exact) mass is 514 g/mol. The molecule has 9 heteroatoms. The Labute approximate surface area is 210 Å². The van der Waals surface area contributed by atoms with Gasteiger partial charge in [-0.3, -0.25) is 9.52 Å². The van der Waals surface area contributed by atoms with Crippen molar-refractivity contribution in [2.45, 2.75) is 37.3 Å². The summed E-state index contributed by atoms with van der Waals surface area (Å²) < 4.78 is 39.7. The lowest BCUT2D eigenvalue weighted by Gasteiger charge is -2.23. The number of fused-ring (bicyclic) bond motifs is 1. The molecule has 0 saturated heterocycles. The van der Waals surface area contributed by atoms with Crippen LogP contribution in [0, 0.1) is 0 Å². The van der Waals surface area contributed by atoms with Gasteiger partial charge in [-0.25, -0.2) is 8.42 Å². The van der Waals surface area contributed by atoms with E-state index in [0.29, 0.717) is 42.4 Å². The van der Waals surface area contributed by atoms with Crippen molar-refractivity contribution in [3.05, 3.63) is 82.9 Å². The summed E-state index contributed by atoms with van der Waals surface area (Å²) in [6.07, 6.45) is 0.526. The molecule has 0 spiro atoms. The van der Waals surface area contributed by atoms with Crippen LogP contribution in [0.1, 0.15) is 24.5 Å². The van der Waals surface area contributed by atoms with E-state index in [1.807, 2.05) is 31.2 Å². The van der Waals surface area contributed by atoms with Gasteiger partial charge in [0.25, 0.3) is 15.9 Å². The first-order valence-corrected chi connectivity index (χ1v) is 13.2. The SMILES string of the molecule is CC[C@H]1Oc2ccc(NS(=O)(=O)c3cccc(Cl)c3)cc2CN(CCc2ccccc2OC)C1=O. The summed E-state index contributed by atoms with van der Waals surface area (Å²) in [5, 5.41) is 0.331. The van der Waals surface area contributed by atoms with Crippen molar-refractivity contribution < 1.29 is 22.7 Å². The molecule has 1 heterocycles. The third-order valence-corrected chi connectivity index (χ3v) is 7.47. The first-order chi connectivity index (χ1) is 16.8. The number of nitrogens with one attached hydrogen (secondary N) is 1. The minimum atomic E-state index is -3.83. The summed E-state index contributed by atoms with van der Waals surface area (Å²) in [5.41, 5.74) is 2.10. The minimum Gasteiger partial charge on any atom is -0.496 e. The molecule has 0 radical (unpaired) electrons. The highest BCUT2D eigenvalue weighted by atomic mass is 35.5. The van der Waals surface area contributed by atoms with Gasteiger partial charge in [-0.1, -0.05) is 42.8 Å². The third-order valence-electron chi connectivity index (χ3n) is 5.85. The maximum Gasteiger partial charge on any atom is 0.263 e. The summed E-state index contributed by atoms with van der Waals surface area (Å²) in [6, 6.07) is 18.8. The van der Waals surface area contributed by atoms with Crippen LogP contribution in [-0.2, 0) is 27.8 Å².